The summed E-state index contributed by atoms with van der Waals surface area (Å²) in [6.45, 7) is 2.23. The molecular weight excluding hydrogens is 188 g/mol. The van der Waals surface area contributed by atoms with E-state index >= 15 is 0 Å². The lowest BCUT2D eigenvalue weighted by Crippen LogP contribution is -2.19. The first kappa shape index (κ1) is 11.3. The summed E-state index contributed by atoms with van der Waals surface area (Å²) in [6, 6.07) is 5.58. The van der Waals surface area contributed by atoms with Crippen molar-refractivity contribution in [3.8, 4) is 11.8 Å². The summed E-state index contributed by atoms with van der Waals surface area (Å²) in [5.74, 6) is 5.50. The van der Waals surface area contributed by atoms with E-state index in [1.165, 1.54) is 0 Å². The summed E-state index contributed by atoms with van der Waals surface area (Å²) in [7, 11) is 1.60. The molecule has 0 aliphatic heterocycles. The van der Waals surface area contributed by atoms with Crippen molar-refractivity contribution in [3.63, 3.8) is 0 Å². The van der Waals surface area contributed by atoms with Gasteiger partial charge in [0.05, 0.1) is 12.1 Å². The molecule has 0 spiro atoms. The number of hydrogen-bond donors (Lipinski definition) is 2. The van der Waals surface area contributed by atoms with E-state index in [0.717, 1.165) is 5.56 Å². The molecule has 1 rings (SSSR count). The van der Waals surface area contributed by atoms with Gasteiger partial charge in [0.2, 0.25) is 0 Å². The Kier molecular flexibility index (Phi) is 3.90. The van der Waals surface area contributed by atoms with Crippen LogP contribution in [0.3, 0.4) is 0 Å². The highest BCUT2D eigenvalue weighted by Crippen LogP contribution is 2.10. The van der Waals surface area contributed by atoms with Crippen LogP contribution in [0.5, 0.6) is 0 Å². The Bertz CT molecular complexity index is 427. The molecule has 0 aliphatic rings. The fraction of sp³-hybridized carbons (Fsp3) is 0.250. The number of hydrogen-bond acceptors (Lipinski definition) is 2. The van der Waals surface area contributed by atoms with Crippen LogP contribution in [0.2, 0.25) is 0 Å². The van der Waals surface area contributed by atoms with Crippen LogP contribution in [0, 0.1) is 18.8 Å². The van der Waals surface area contributed by atoms with E-state index in [2.05, 4.69) is 17.2 Å². The van der Waals surface area contributed by atoms with Gasteiger partial charge in [-0.3, -0.25) is 4.79 Å². The smallest absolute Gasteiger partial charge is 0.252 e. The van der Waals surface area contributed by atoms with Crippen molar-refractivity contribution in [1.82, 2.24) is 5.32 Å². The monoisotopic (exact) mass is 202 g/mol. The molecule has 0 aliphatic carbocycles. The molecule has 78 valence electrons. The Morgan fingerprint density at radius 2 is 2.27 bits per heavy atom. The van der Waals surface area contributed by atoms with Gasteiger partial charge in [0.25, 0.3) is 5.91 Å². The summed E-state index contributed by atoms with van der Waals surface area (Å²) in [6.07, 6.45) is 0. The van der Waals surface area contributed by atoms with Crippen molar-refractivity contribution in [2.24, 2.45) is 5.73 Å². The summed E-state index contributed by atoms with van der Waals surface area (Å²) in [4.78, 5) is 11.5. The first-order valence-corrected chi connectivity index (χ1v) is 4.70. The molecule has 1 amide bonds. The summed E-state index contributed by atoms with van der Waals surface area (Å²) >= 11 is 0. The van der Waals surface area contributed by atoms with Gasteiger partial charge in [0, 0.05) is 12.6 Å². The van der Waals surface area contributed by atoms with Crippen LogP contribution >= 0.6 is 0 Å². The number of nitrogens with one attached hydrogen (secondary N) is 1. The molecule has 0 saturated carbocycles. The van der Waals surface area contributed by atoms with Gasteiger partial charge in [-0.2, -0.15) is 0 Å². The van der Waals surface area contributed by atoms with Gasteiger partial charge < -0.3 is 11.1 Å². The normalized spacial score (nSPS) is 9.00. The van der Waals surface area contributed by atoms with E-state index in [1.54, 1.807) is 7.05 Å². The molecule has 0 saturated heterocycles. The van der Waals surface area contributed by atoms with Gasteiger partial charge in [0.15, 0.2) is 0 Å². The first-order chi connectivity index (χ1) is 7.19. The van der Waals surface area contributed by atoms with Crippen molar-refractivity contribution in [2.45, 2.75) is 6.92 Å². The minimum absolute atomic E-state index is 0.125. The van der Waals surface area contributed by atoms with Crippen molar-refractivity contribution >= 4 is 5.91 Å². The molecule has 15 heavy (non-hydrogen) atoms. The topological polar surface area (TPSA) is 55.1 Å². The highest BCUT2D eigenvalue weighted by atomic mass is 16.1. The van der Waals surface area contributed by atoms with Crippen molar-refractivity contribution in [1.29, 1.82) is 0 Å². The third-order valence-electron chi connectivity index (χ3n) is 1.97. The molecule has 0 aromatic heterocycles. The Morgan fingerprint density at radius 3 is 2.87 bits per heavy atom. The Labute approximate surface area is 89.7 Å². The average Bonchev–Trinajstić information content (AvgIpc) is 2.26. The number of aryl methyl sites for hydroxylation is 1. The second kappa shape index (κ2) is 5.18. The second-order valence-corrected chi connectivity index (χ2v) is 3.13. The van der Waals surface area contributed by atoms with Gasteiger partial charge in [-0.05, 0) is 19.1 Å². The van der Waals surface area contributed by atoms with Gasteiger partial charge in [0.1, 0.15) is 0 Å². The van der Waals surface area contributed by atoms with E-state index in [1.807, 2.05) is 25.1 Å². The van der Waals surface area contributed by atoms with Gasteiger partial charge in [-0.25, -0.2) is 0 Å². The van der Waals surface area contributed by atoms with Crippen LogP contribution in [0.4, 0.5) is 0 Å². The molecule has 3 N–H and O–H groups in total. The Balaban J connectivity index is 3.20. The van der Waals surface area contributed by atoms with Gasteiger partial charge in [-0.15, -0.1) is 0 Å². The quantitative estimate of drug-likeness (QED) is 0.657. The summed E-state index contributed by atoms with van der Waals surface area (Å²) < 4.78 is 0. The Morgan fingerprint density at radius 1 is 1.53 bits per heavy atom. The van der Waals surface area contributed by atoms with E-state index < -0.39 is 0 Å². The van der Waals surface area contributed by atoms with Crippen LogP contribution in [0.1, 0.15) is 21.5 Å². The van der Waals surface area contributed by atoms with Crippen molar-refractivity contribution in [3.05, 3.63) is 34.9 Å². The van der Waals surface area contributed by atoms with Crippen LogP contribution in [0.15, 0.2) is 18.2 Å². The SMILES string of the molecule is CNC(=O)c1cc(C)ccc1C#CCN. The molecular formula is C12H14N2O. The number of benzene rings is 1. The minimum atomic E-state index is -0.125. The maximum absolute atomic E-state index is 11.5. The summed E-state index contributed by atoms with van der Waals surface area (Å²) in [5.41, 5.74) is 7.63. The van der Waals surface area contributed by atoms with Crippen molar-refractivity contribution < 1.29 is 4.79 Å². The minimum Gasteiger partial charge on any atom is -0.355 e. The van der Waals surface area contributed by atoms with Gasteiger partial charge in [-0.1, -0.05) is 23.5 Å². The molecule has 0 fully saturated rings. The first-order valence-electron chi connectivity index (χ1n) is 4.70. The maximum Gasteiger partial charge on any atom is 0.252 e. The molecule has 0 radical (unpaired) electrons. The highest BCUT2D eigenvalue weighted by molar-refractivity contribution is 5.96. The summed E-state index contributed by atoms with van der Waals surface area (Å²) in [5, 5.41) is 2.59. The molecule has 0 atom stereocenters. The molecule has 3 nitrogen and oxygen atoms in total. The second-order valence-electron chi connectivity index (χ2n) is 3.13. The van der Waals surface area contributed by atoms with E-state index in [-0.39, 0.29) is 5.91 Å². The third kappa shape index (κ3) is 2.83. The van der Waals surface area contributed by atoms with E-state index in [9.17, 15) is 4.79 Å². The van der Waals surface area contributed by atoms with E-state index in [0.29, 0.717) is 17.7 Å². The molecule has 0 heterocycles. The van der Waals surface area contributed by atoms with Crippen LogP contribution < -0.4 is 11.1 Å². The number of carbonyl (C=O) groups is 1. The van der Waals surface area contributed by atoms with Gasteiger partial charge >= 0.3 is 0 Å². The lowest BCUT2D eigenvalue weighted by atomic mass is 10.0. The zero-order valence-electron chi connectivity index (χ0n) is 8.92. The van der Waals surface area contributed by atoms with E-state index in [4.69, 9.17) is 5.73 Å². The number of amides is 1. The molecule has 0 unspecified atom stereocenters. The van der Waals surface area contributed by atoms with Crippen molar-refractivity contribution in [2.75, 3.05) is 13.6 Å². The number of rotatable bonds is 1. The Hall–Kier alpha value is -1.79. The zero-order valence-corrected chi connectivity index (χ0v) is 8.92. The molecule has 0 bridgehead atoms. The van der Waals surface area contributed by atoms with Crippen LogP contribution in [0.25, 0.3) is 0 Å². The largest absolute Gasteiger partial charge is 0.355 e. The lowest BCUT2D eigenvalue weighted by Gasteiger charge is -2.04. The predicted molar refractivity (Wildman–Crippen MR) is 60.5 cm³/mol. The standard InChI is InChI=1S/C12H14N2O/c1-9-5-6-10(4-3-7-13)11(8-9)12(15)14-2/h5-6,8H,7,13H2,1-2H3,(H,14,15). The number of carbonyl (C=O) groups excluding carboxylic acids is 1. The van der Waals surface area contributed by atoms with Crippen LogP contribution in [-0.4, -0.2) is 19.5 Å². The highest BCUT2D eigenvalue weighted by Gasteiger charge is 2.07. The molecule has 3 heteroatoms. The molecule has 1 aromatic carbocycles. The predicted octanol–water partition coefficient (Wildman–Crippen LogP) is 0.665. The number of nitrogens with two attached hydrogens (primary N) is 1. The fourth-order valence-corrected chi connectivity index (χ4v) is 1.24. The average molecular weight is 202 g/mol. The molecule has 1 aromatic rings. The van der Waals surface area contributed by atoms with Crippen LogP contribution in [-0.2, 0) is 0 Å². The fourth-order valence-electron chi connectivity index (χ4n) is 1.24. The maximum atomic E-state index is 11.5. The third-order valence-corrected chi connectivity index (χ3v) is 1.97. The zero-order chi connectivity index (χ0) is 11.3. The lowest BCUT2D eigenvalue weighted by molar-refractivity contribution is 0.0963.